The van der Waals surface area contributed by atoms with Gasteiger partial charge < -0.3 is 10.1 Å². The van der Waals surface area contributed by atoms with Gasteiger partial charge in [0, 0.05) is 35.5 Å². The molecule has 0 aromatic heterocycles. The van der Waals surface area contributed by atoms with Crippen LogP contribution in [0.1, 0.15) is 38.5 Å². The highest BCUT2D eigenvalue weighted by Gasteiger charge is 2.74. The number of nitro groups is 2. The van der Waals surface area contributed by atoms with Crippen LogP contribution >= 0.6 is 0 Å². The van der Waals surface area contributed by atoms with E-state index in [0.29, 0.717) is 19.3 Å². The predicted molar refractivity (Wildman–Crippen MR) is 68.9 cm³/mol. The molecule has 9 heteroatoms. The summed E-state index contributed by atoms with van der Waals surface area (Å²) in [6.45, 7) is 0. The molecule has 0 aromatic carbocycles. The van der Waals surface area contributed by atoms with Gasteiger partial charge in [-0.15, -0.1) is 0 Å². The van der Waals surface area contributed by atoms with E-state index in [1.54, 1.807) is 0 Å². The van der Waals surface area contributed by atoms with Crippen molar-refractivity contribution in [2.75, 3.05) is 7.11 Å². The highest BCUT2D eigenvalue weighted by molar-refractivity contribution is 5.68. The molecule has 4 fully saturated rings. The monoisotopic (exact) mass is 299 g/mol. The number of amides is 1. The molecule has 1 amide bonds. The molecular weight excluding hydrogens is 282 g/mol. The lowest BCUT2D eigenvalue weighted by Crippen LogP contribution is -2.74. The molecule has 9 nitrogen and oxygen atoms in total. The van der Waals surface area contributed by atoms with Crippen molar-refractivity contribution in [3.05, 3.63) is 20.2 Å². The molecule has 0 heterocycles. The maximum atomic E-state index is 11.6. The Labute approximate surface area is 120 Å². The fourth-order valence-electron chi connectivity index (χ4n) is 5.15. The van der Waals surface area contributed by atoms with Gasteiger partial charge in [-0.3, -0.25) is 20.2 Å². The third-order valence-electron chi connectivity index (χ3n) is 5.34. The minimum atomic E-state index is -1.30. The number of carbonyl (C=O) groups excluding carboxylic acids is 1. The van der Waals surface area contributed by atoms with E-state index in [2.05, 4.69) is 10.1 Å². The zero-order chi connectivity index (χ0) is 15.5. The number of ether oxygens (including phenoxy) is 1. The third kappa shape index (κ3) is 1.86. The van der Waals surface area contributed by atoms with E-state index in [4.69, 9.17) is 0 Å². The number of methoxy groups -OCH3 is 1. The van der Waals surface area contributed by atoms with Crippen molar-refractivity contribution in [3.63, 3.8) is 0 Å². The van der Waals surface area contributed by atoms with Crippen molar-refractivity contribution >= 4 is 6.09 Å². The SMILES string of the molecule is COC(=O)NC12CC3CC([N+](=O)[O-])(C1)CC([N+](=O)[O-])(C3)C2. The van der Waals surface area contributed by atoms with E-state index in [1.807, 2.05) is 0 Å². The van der Waals surface area contributed by atoms with Gasteiger partial charge in [-0.05, 0) is 12.3 Å². The first-order valence-corrected chi connectivity index (χ1v) is 6.90. The highest BCUT2D eigenvalue weighted by atomic mass is 16.6. The molecule has 4 aliphatic rings. The first kappa shape index (κ1) is 14.0. The van der Waals surface area contributed by atoms with Gasteiger partial charge in [-0.2, -0.15) is 0 Å². The lowest BCUT2D eigenvalue weighted by molar-refractivity contribution is -0.645. The molecule has 4 bridgehead atoms. The molecule has 2 atom stereocenters. The summed E-state index contributed by atoms with van der Waals surface area (Å²) >= 11 is 0. The van der Waals surface area contributed by atoms with Crippen LogP contribution in [0.2, 0.25) is 0 Å². The second kappa shape index (κ2) is 4.05. The zero-order valence-corrected chi connectivity index (χ0v) is 11.7. The molecule has 0 radical (unpaired) electrons. The number of hydrogen-bond donors (Lipinski definition) is 1. The lowest BCUT2D eigenvalue weighted by Gasteiger charge is -2.58. The van der Waals surface area contributed by atoms with Crippen LogP contribution in [0.3, 0.4) is 0 Å². The van der Waals surface area contributed by atoms with Crippen LogP contribution in [0.15, 0.2) is 0 Å². The van der Waals surface area contributed by atoms with Crippen LogP contribution in [-0.2, 0) is 4.74 Å². The molecule has 0 aromatic rings. The Morgan fingerprint density at radius 2 is 1.62 bits per heavy atom. The van der Waals surface area contributed by atoms with Crippen molar-refractivity contribution in [1.82, 2.24) is 5.32 Å². The maximum absolute atomic E-state index is 11.6. The van der Waals surface area contributed by atoms with Crippen LogP contribution in [0.25, 0.3) is 0 Å². The van der Waals surface area contributed by atoms with Crippen LogP contribution in [0.4, 0.5) is 4.79 Å². The van der Waals surface area contributed by atoms with E-state index >= 15 is 0 Å². The second-order valence-corrected chi connectivity index (χ2v) is 6.87. The van der Waals surface area contributed by atoms with Gasteiger partial charge >= 0.3 is 6.09 Å². The quantitative estimate of drug-likeness (QED) is 0.614. The summed E-state index contributed by atoms with van der Waals surface area (Å²) in [7, 11) is 1.21. The molecule has 0 spiro atoms. The van der Waals surface area contributed by atoms with Gasteiger partial charge in [0.15, 0.2) is 0 Å². The minimum Gasteiger partial charge on any atom is -0.453 e. The van der Waals surface area contributed by atoms with Crippen LogP contribution in [0.5, 0.6) is 0 Å². The first-order chi connectivity index (χ1) is 9.75. The molecular formula is C12H17N3O6. The average molecular weight is 299 g/mol. The number of nitrogens with zero attached hydrogens (tertiary/aromatic N) is 2. The van der Waals surface area contributed by atoms with E-state index in [0.717, 1.165) is 0 Å². The van der Waals surface area contributed by atoms with Gasteiger partial charge in [0.25, 0.3) is 0 Å². The summed E-state index contributed by atoms with van der Waals surface area (Å²) in [5.74, 6) is -0.103. The normalized spacial score (nSPS) is 43.4. The molecule has 116 valence electrons. The van der Waals surface area contributed by atoms with Gasteiger partial charge in [-0.25, -0.2) is 4.79 Å². The Balaban J connectivity index is 2.03. The van der Waals surface area contributed by atoms with Crippen LogP contribution in [0, 0.1) is 26.1 Å². The molecule has 0 aliphatic heterocycles. The van der Waals surface area contributed by atoms with Crippen LogP contribution in [-0.4, -0.2) is 39.7 Å². The minimum absolute atomic E-state index is 0.0406. The molecule has 4 rings (SSSR count). The summed E-state index contributed by atoms with van der Waals surface area (Å²) in [5.41, 5.74) is -3.49. The number of rotatable bonds is 3. The Kier molecular flexibility index (Phi) is 2.70. The Bertz CT molecular complexity index is 505. The van der Waals surface area contributed by atoms with Gasteiger partial charge in [0.1, 0.15) is 0 Å². The first-order valence-electron chi connectivity index (χ1n) is 6.90. The summed E-state index contributed by atoms with van der Waals surface area (Å²) in [4.78, 5) is 33.9. The van der Waals surface area contributed by atoms with E-state index in [9.17, 15) is 25.0 Å². The molecule has 1 N–H and O–H groups in total. The Morgan fingerprint density at radius 3 is 2.05 bits per heavy atom. The molecule has 4 aliphatic carbocycles. The van der Waals surface area contributed by atoms with Crippen molar-refractivity contribution < 1.29 is 19.4 Å². The third-order valence-corrected chi connectivity index (χ3v) is 5.34. The van der Waals surface area contributed by atoms with Gasteiger partial charge in [0.05, 0.1) is 19.1 Å². The fraction of sp³-hybridized carbons (Fsp3) is 0.917. The van der Waals surface area contributed by atoms with Crippen molar-refractivity contribution in [2.24, 2.45) is 5.92 Å². The molecule has 4 saturated carbocycles. The smallest absolute Gasteiger partial charge is 0.407 e. The van der Waals surface area contributed by atoms with E-state index < -0.39 is 22.7 Å². The maximum Gasteiger partial charge on any atom is 0.407 e. The molecule has 2 unspecified atom stereocenters. The standard InChI is InChI=1S/C12H17N3O6/c1-21-9(16)13-10-2-8-3-11(5-10,14(17)18)7-12(4-8,6-10)15(19)20/h8H,2-7H2,1H3,(H,13,16). The lowest BCUT2D eigenvalue weighted by atomic mass is 9.47. The Morgan fingerprint density at radius 1 is 1.10 bits per heavy atom. The number of carbonyl (C=O) groups is 1. The van der Waals surface area contributed by atoms with Crippen molar-refractivity contribution in [3.8, 4) is 0 Å². The second-order valence-electron chi connectivity index (χ2n) is 6.87. The number of nitrogens with one attached hydrogen (secondary N) is 1. The van der Waals surface area contributed by atoms with E-state index in [1.165, 1.54) is 7.11 Å². The predicted octanol–water partition coefficient (Wildman–Crippen LogP) is 1.11. The summed E-state index contributed by atoms with van der Waals surface area (Å²) in [6.07, 6.45) is 0.839. The largest absolute Gasteiger partial charge is 0.453 e. The highest BCUT2D eigenvalue weighted by Crippen LogP contribution is 2.61. The van der Waals surface area contributed by atoms with Crippen molar-refractivity contribution in [1.29, 1.82) is 0 Å². The van der Waals surface area contributed by atoms with E-state index in [-0.39, 0.29) is 35.0 Å². The molecule has 21 heavy (non-hydrogen) atoms. The number of alkyl carbamates (subject to hydrolysis) is 1. The summed E-state index contributed by atoms with van der Waals surface area (Å²) in [5, 5.41) is 25.8. The Hall–Kier alpha value is -1.93. The summed E-state index contributed by atoms with van der Waals surface area (Å²) < 4.78 is 4.59. The van der Waals surface area contributed by atoms with Crippen LogP contribution < -0.4 is 5.32 Å². The number of hydrogen-bond acceptors (Lipinski definition) is 6. The fourth-order valence-corrected chi connectivity index (χ4v) is 5.15. The van der Waals surface area contributed by atoms with Crippen molar-refractivity contribution in [2.45, 2.75) is 55.1 Å². The zero-order valence-electron chi connectivity index (χ0n) is 11.7. The average Bonchev–Trinajstić information content (AvgIpc) is 2.36. The molecule has 0 saturated heterocycles. The van der Waals surface area contributed by atoms with Gasteiger partial charge in [0.2, 0.25) is 11.1 Å². The topological polar surface area (TPSA) is 125 Å². The van der Waals surface area contributed by atoms with Gasteiger partial charge in [-0.1, -0.05) is 0 Å². The summed E-state index contributed by atoms with van der Waals surface area (Å²) in [6, 6.07) is 0.